The average Bonchev–Trinajstić information content (AvgIpc) is 2.94. The number of hydrogen-bond acceptors (Lipinski definition) is 7. The second-order valence-electron chi connectivity index (χ2n) is 8.92. The van der Waals surface area contributed by atoms with E-state index in [0.717, 1.165) is 0 Å². The lowest BCUT2D eigenvalue weighted by molar-refractivity contribution is 0.102. The van der Waals surface area contributed by atoms with E-state index in [1.165, 1.54) is 43.1 Å². The molecule has 0 aliphatic rings. The predicted molar refractivity (Wildman–Crippen MR) is 149 cm³/mol. The van der Waals surface area contributed by atoms with E-state index in [1.807, 2.05) is 0 Å². The Hall–Kier alpha value is -5.25. The first-order chi connectivity index (χ1) is 19.3. The van der Waals surface area contributed by atoms with Gasteiger partial charge < -0.3 is 19.5 Å². The minimum atomic E-state index is -0.572. The van der Waals surface area contributed by atoms with Crippen LogP contribution in [0.5, 0.6) is 23.1 Å². The molecule has 0 saturated carbocycles. The summed E-state index contributed by atoms with van der Waals surface area (Å²) in [6, 6.07) is 17.4. The van der Waals surface area contributed by atoms with Crippen LogP contribution in [0.4, 0.5) is 10.1 Å². The molecule has 1 amide bonds. The van der Waals surface area contributed by atoms with Crippen molar-refractivity contribution in [2.75, 3.05) is 19.5 Å². The fourth-order valence-electron chi connectivity index (χ4n) is 4.29. The highest BCUT2D eigenvalue weighted by molar-refractivity contribution is 6.04. The first-order valence-electron chi connectivity index (χ1n) is 12.2. The van der Waals surface area contributed by atoms with E-state index in [0.29, 0.717) is 56.8 Å². The number of methoxy groups -OCH3 is 2. The average molecular weight is 541 g/mol. The molecule has 3 aromatic heterocycles. The maximum absolute atomic E-state index is 13.6. The van der Waals surface area contributed by atoms with Crippen LogP contribution in [-0.2, 0) is 0 Å². The summed E-state index contributed by atoms with van der Waals surface area (Å²) in [5.74, 6) is 0.730. The van der Waals surface area contributed by atoms with Gasteiger partial charge in [-0.2, -0.15) is 0 Å². The molecule has 0 bridgehead atoms. The number of pyridine rings is 3. The number of carbonyl (C=O) groups is 1. The van der Waals surface area contributed by atoms with E-state index in [2.05, 4.69) is 15.3 Å². The van der Waals surface area contributed by atoms with Crippen LogP contribution < -0.4 is 25.1 Å². The van der Waals surface area contributed by atoms with Gasteiger partial charge in [0.15, 0.2) is 11.5 Å². The van der Waals surface area contributed by atoms with Gasteiger partial charge in [-0.1, -0.05) is 0 Å². The van der Waals surface area contributed by atoms with Crippen molar-refractivity contribution in [2.24, 2.45) is 0 Å². The van der Waals surface area contributed by atoms with E-state index in [9.17, 15) is 14.0 Å². The highest BCUT2D eigenvalue weighted by Gasteiger charge is 2.17. The number of nitrogens with zero attached hydrogens (tertiary/aromatic N) is 3. The van der Waals surface area contributed by atoms with Gasteiger partial charge in [0.05, 0.1) is 25.4 Å². The Labute approximate surface area is 228 Å². The first kappa shape index (κ1) is 26.4. The van der Waals surface area contributed by atoms with Gasteiger partial charge in [0.2, 0.25) is 0 Å². The number of halogens is 1. The Morgan fingerprint density at radius 3 is 2.40 bits per heavy atom. The predicted octanol–water partition coefficient (Wildman–Crippen LogP) is 5.60. The first-order valence-corrected chi connectivity index (χ1v) is 12.2. The Kier molecular flexibility index (Phi) is 7.15. The second kappa shape index (κ2) is 10.9. The SMILES string of the molecule is COc1cc2nccc(Oc3ccc(NC(=O)c4ccc(C)n(-c5ccc(F)cc5C)c4=O)cc3)c2nc1OC. The molecule has 40 heavy (non-hydrogen) atoms. The molecule has 10 heteroatoms. The summed E-state index contributed by atoms with van der Waals surface area (Å²) >= 11 is 0. The number of fused-ring (bicyclic) bond motifs is 1. The maximum Gasteiger partial charge on any atom is 0.268 e. The lowest BCUT2D eigenvalue weighted by atomic mass is 10.1. The third kappa shape index (κ3) is 5.06. The highest BCUT2D eigenvalue weighted by Crippen LogP contribution is 2.34. The quantitative estimate of drug-likeness (QED) is 0.287. The van der Waals surface area contributed by atoms with Gasteiger partial charge in [-0.25, -0.2) is 9.37 Å². The maximum atomic E-state index is 13.6. The van der Waals surface area contributed by atoms with Crippen molar-refractivity contribution < 1.29 is 23.4 Å². The number of carbonyl (C=O) groups excluding carboxylic acids is 1. The van der Waals surface area contributed by atoms with Crippen LogP contribution in [0.2, 0.25) is 0 Å². The van der Waals surface area contributed by atoms with Crippen LogP contribution in [-0.4, -0.2) is 34.7 Å². The van der Waals surface area contributed by atoms with Crippen LogP contribution >= 0.6 is 0 Å². The van der Waals surface area contributed by atoms with Crippen molar-refractivity contribution >= 4 is 22.6 Å². The molecule has 0 aliphatic carbocycles. The van der Waals surface area contributed by atoms with Gasteiger partial charge in [-0.15, -0.1) is 0 Å². The summed E-state index contributed by atoms with van der Waals surface area (Å²) in [5.41, 5.74) is 2.67. The molecule has 1 N–H and O–H groups in total. The van der Waals surface area contributed by atoms with Gasteiger partial charge in [0, 0.05) is 29.7 Å². The molecule has 3 heterocycles. The van der Waals surface area contributed by atoms with Crippen LogP contribution in [0, 0.1) is 19.7 Å². The van der Waals surface area contributed by atoms with Crippen molar-refractivity contribution in [3.8, 4) is 28.8 Å². The molecule has 0 spiro atoms. The Morgan fingerprint density at radius 1 is 0.925 bits per heavy atom. The van der Waals surface area contributed by atoms with Gasteiger partial charge in [0.1, 0.15) is 22.6 Å². The number of nitrogens with one attached hydrogen (secondary N) is 1. The van der Waals surface area contributed by atoms with E-state index < -0.39 is 17.3 Å². The summed E-state index contributed by atoms with van der Waals surface area (Å²) < 4.78 is 31.6. The molecule has 0 radical (unpaired) electrons. The fourth-order valence-corrected chi connectivity index (χ4v) is 4.29. The van der Waals surface area contributed by atoms with Gasteiger partial charge in [0.25, 0.3) is 17.3 Å². The topological polar surface area (TPSA) is 105 Å². The Bertz CT molecular complexity index is 1800. The lowest BCUT2D eigenvalue weighted by Crippen LogP contribution is -2.29. The van der Waals surface area contributed by atoms with Crippen LogP contribution in [0.15, 0.2) is 77.7 Å². The molecular formula is C30H25FN4O5. The number of ether oxygens (including phenoxy) is 3. The van der Waals surface area contributed by atoms with Crippen molar-refractivity contribution in [1.82, 2.24) is 14.5 Å². The zero-order valence-corrected chi connectivity index (χ0v) is 22.2. The van der Waals surface area contributed by atoms with Gasteiger partial charge in [-0.05, 0) is 74.0 Å². The van der Waals surface area contributed by atoms with Crippen molar-refractivity contribution in [1.29, 1.82) is 0 Å². The van der Waals surface area contributed by atoms with E-state index in [1.54, 1.807) is 62.5 Å². The minimum Gasteiger partial charge on any atom is -0.491 e. The summed E-state index contributed by atoms with van der Waals surface area (Å²) in [6.45, 7) is 3.46. The minimum absolute atomic E-state index is 0.0478. The molecule has 0 atom stereocenters. The number of rotatable bonds is 7. The molecule has 202 valence electrons. The summed E-state index contributed by atoms with van der Waals surface area (Å²) in [4.78, 5) is 35.1. The molecule has 0 saturated heterocycles. The zero-order valence-electron chi connectivity index (χ0n) is 22.2. The molecule has 0 unspecified atom stereocenters. The number of benzene rings is 2. The third-order valence-electron chi connectivity index (χ3n) is 6.28. The standard InChI is InChI=1S/C30H25FN4O5/c1-17-15-19(31)6-12-24(17)35-18(2)5-11-22(30(35)37)28(36)33-20-7-9-21(10-8-20)40-25-13-14-32-23-16-26(38-3)29(39-4)34-27(23)25/h5-16H,1-4H3,(H,33,36). The van der Waals surface area contributed by atoms with Crippen LogP contribution in [0.25, 0.3) is 16.7 Å². The van der Waals surface area contributed by atoms with Crippen molar-refractivity contribution in [2.45, 2.75) is 13.8 Å². The van der Waals surface area contributed by atoms with E-state index in [4.69, 9.17) is 14.2 Å². The van der Waals surface area contributed by atoms with Crippen LogP contribution in [0.3, 0.4) is 0 Å². The summed E-state index contributed by atoms with van der Waals surface area (Å²) in [7, 11) is 3.02. The Morgan fingerprint density at radius 2 is 1.70 bits per heavy atom. The molecule has 9 nitrogen and oxygen atoms in total. The van der Waals surface area contributed by atoms with E-state index in [-0.39, 0.29) is 5.56 Å². The number of amides is 1. The van der Waals surface area contributed by atoms with Gasteiger partial charge in [-0.3, -0.25) is 19.1 Å². The summed E-state index contributed by atoms with van der Waals surface area (Å²) in [6.07, 6.45) is 1.60. The fraction of sp³-hybridized carbons (Fsp3) is 0.133. The summed E-state index contributed by atoms with van der Waals surface area (Å²) in [5, 5.41) is 2.75. The second-order valence-corrected chi connectivity index (χ2v) is 8.92. The van der Waals surface area contributed by atoms with Crippen molar-refractivity contribution in [3.05, 3.63) is 106 Å². The third-order valence-corrected chi connectivity index (χ3v) is 6.28. The molecular weight excluding hydrogens is 515 g/mol. The van der Waals surface area contributed by atoms with Crippen LogP contribution in [0.1, 0.15) is 21.6 Å². The Balaban J connectivity index is 1.37. The number of aromatic nitrogens is 3. The van der Waals surface area contributed by atoms with Gasteiger partial charge >= 0.3 is 0 Å². The lowest BCUT2D eigenvalue weighted by Gasteiger charge is -2.14. The molecule has 2 aromatic carbocycles. The normalized spacial score (nSPS) is 10.8. The smallest absolute Gasteiger partial charge is 0.268 e. The molecule has 0 fully saturated rings. The molecule has 5 aromatic rings. The molecule has 5 rings (SSSR count). The number of aryl methyl sites for hydroxylation is 2. The number of anilines is 1. The highest BCUT2D eigenvalue weighted by atomic mass is 19.1. The van der Waals surface area contributed by atoms with E-state index >= 15 is 0 Å². The molecule has 0 aliphatic heterocycles. The van der Waals surface area contributed by atoms with Crippen molar-refractivity contribution in [3.63, 3.8) is 0 Å². The number of hydrogen-bond donors (Lipinski definition) is 1. The monoisotopic (exact) mass is 540 g/mol. The zero-order chi connectivity index (χ0) is 28.4. The largest absolute Gasteiger partial charge is 0.491 e.